The maximum atomic E-state index is 10.4. The lowest BCUT2D eigenvalue weighted by Crippen LogP contribution is -2.03. The van der Waals surface area contributed by atoms with Crippen molar-refractivity contribution in [3.05, 3.63) is 87.4 Å². The maximum Gasteiger partial charge on any atom is 0.344 e. The van der Waals surface area contributed by atoms with E-state index in [1.54, 1.807) is 30.3 Å². The molecule has 0 bridgehead atoms. The molecule has 0 aliphatic rings. The van der Waals surface area contributed by atoms with Crippen LogP contribution in [0, 0.1) is 0 Å². The fourth-order valence-electron chi connectivity index (χ4n) is 2.64. The summed E-state index contributed by atoms with van der Waals surface area (Å²) >= 11 is 12.6. The van der Waals surface area contributed by atoms with Crippen molar-refractivity contribution in [2.24, 2.45) is 5.16 Å². The Balaban J connectivity index is 1.77. The van der Waals surface area contributed by atoms with E-state index in [-0.39, 0.29) is 21.5 Å². The molecule has 0 saturated carbocycles. The average Bonchev–Trinajstić information content (AvgIpc) is 2.71. The van der Waals surface area contributed by atoms with E-state index in [1.807, 2.05) is 30.3 Å². The van der Waals surface area contributed by atoms with Crippen LogP contribution in [0.25, 0.3) is 0 Å². The molecule has 0 amide bonds. The predicted molar refractivity (Wildman–Crippen MR) is 115 cm³/mol. The average molecular weight is 446 g/mol. The molecule has 0 saturated heterocycles. The molecule has 0 aliphatic carbocycles. The highest BCUT2D eigenvalue weighted by Crippen LogP contribution is 2.38. The first-order valence-corrected chi connectivity index (χ1v) is 9.58. The number of benzene rings is 3. The molecule has 0 aliphatic heterocycles. The van der Waals surface area contributed by atoms with Crippen LogP contribution in [0.3, 0.4) is 0 Å². The summed E-state index contributed by atoms with van der Waals surface area (Å²) in [7, 11) is 0. The molecule has 0 heterocycles. The highest BCUT2D eigenvalue weighted by atomic mass is 35.5. The monoisotopic (exact) mass is 445 g/mol. The summed E-state index contributed by atoms with van der Waals surface area (Å²) < 4.78 is 5.86. The zero-order valence-electron chi connectivity index (χ0n) is 15.6. The Morgan fingerprint density at radius 3 is 2.40 bits per heavy atom. The first kappa shape index (κ1) is 21.5. The lowest BCUT2D eigenvalue weighted by Gasteiger charge is -2.12. The summed E-state index contributed by atoms with van der Waals surface area (Å²) in [5, 5.41) is 22.7. The fourth-order valence-corrected chi connectivity index (χ4v) is 3.22. The van der Waals surface area contributed by atoms with E-state index < -0.39 is 12.6 Å². The van der Waals surface area contributed by atoms with E-state index in [2.05, 4.69) is 9.99 Å². The van der Waals surface area contributed by atoms with Gasteiger partial charge in [-0.05, 0) is 41.5 Å². The predicted octanol–water partition coefficient (Wildman–Crippen LogP) is 5.52. The van der Waals surface area contributed by atoms with Gasteiger partial charge in [0.1, 0.15) is 11.5 Å². The van der Waals surface area contributed by atoms with Crippen LogP contribution in [0.4, 0.5) is 0 Å². The van der Waals surface area contributed by atoms with Crippen LogP contribution in [-0.2, 0) is 16.1 Å². The summed E-state index contributed by atoms with van der Waals surface area (Å²) in [6, 6.07) is 17.8. The molecule has 3 aromatic carbocycles. The number of halogens is 2. The third-order valence-electron chi connectivity index (χ3n) is 3.99. The molecule has 0 atom stereocenters. The van der Waals surface area contributed by atoms with Crippen molar-refractivity contribution in [1.29, 1.82) is 0 Å². The molecule has 2 N–H and O–H groups in total. The third kappa shape index (κ3) is 5.89. The Morgan fingerprint density at radius 2 is 1.73 bits per heavy atom. The van der Waals surface area contributed by atoms with Gasteiger partial charge in [0.05, 0.1) is 16.3 Å². The summed E-state index contributed by atoms with van der Waals surface area (Å²) in [6.45, 7) is -0.550. The van der Waals surface area contributed by atoms with Crippen molar-refractivity contribution in [3.8, 4) is 17.2 Å². The van der Waals surface area contributed by atoms with Crippen LogP contribution >= 0.6 is 23.2 Å². The fraction of sp³-hybridized carbons (Fsp3) is 0.0909. The number of oxime groups is 1. The number of carboxylic acid groups (broad SMARTS) is 1. The number of phenolic OH excluding ortho intramolecular Hbond substituents is 1. The molecule has 0 unspecified atom stereocenters. The molecule has 6 nitrogen and oxygen atoms in total. The minimum absolute atomic E-state index is 0.163. The van der Waals surface area contributed by atoms with Crippen molar-refractivity contribution in [2.45, 2.75) is 6.42 Å². The molecule has 0 radical (unpaired) electrons. The Hall–Kier alpha value is -3.22. The normalized spacial score (nSPS) is 10.9. The van der Waals surface area contributed by atoms with Gasteiger partial charge in [-0.3, -0.25) is 0 Å². The van der Waals surface area contributed by atoms with Gasteiger partial charge in [0.25, 0.3) is 0 Å². The smallest absolute Gasteiger partial charge is 0.344 e. The van der Waals surface area contributed by atoms with Crippen molar-refractivity contribution < 1.29 is 24.6 Å². The van der Waals surface area contributed by atoms with Crippen molar-refractivity contribution >= 4 is 35.4 Å². The molecule has 3 aromatic rings. The van der Waals surface area contributed by atoms with Crippen molar-refractivity contribution in [3.63, 3.8) is 0 Å². The van der Waals surface area contributed by atoms with Crippen LogP contribution < -0.4 is 4.74 Å². The van der Waals surface area contributed by atoms with Crippen molar-refractivity contribution in [2.75, 3.05) is 6.61 Å². The second-order valence-corrected chi connectivity index (χ2v) is 7.08. The molecule has 154 valence electrons. The summed E-state index contributed by atoms with van der Waals surface area (Å²) in [6.07, 6.45) is 1.83. The first-order valence-electron chi connectivity index (χ1n) is 8.82. The van der Waals surface area contributed by atoms with E-state index in [0.717, 1.165) is 5.56 Å². The number of hydrogen-bond acceptors (Lipinski definition) is 5. The van der Waals surface area contributed by atoms with Crippen LogP contribution in [0.5, 0.6) is 17.2 Å². The third-order valence-corrected chi connectivity index (χ3v) is 4.55. The number of aromatic hydroxyl groups is 1. The Labute approximate surface area is 182 Å². The number of phenols is 1. The highest BCUT2D eigenvalue weighted by molar-refractivity contribution is 6.37. The lowest BCUT2D eigenvalue weighted by molar-refractivity contribution is -0.142. The largest absolute Gasteiger partial charge is 0.508 e. The number of hydrogen-bond donors (Lipinski definition) is 2. The number of carboxylic acids is 1. The van der Waals surface area contributed by atoms with Crippen molar-refractivity contribution in [1.82, 2.24) is 0 Å². The molecule has 0 spiro atoms. The van der Waals surface area contributed by atoms with Gasteiger partial charge in [0.15, 0.2) is 5.75 Å². The van der Waals surface area contributed by atoms with E-state index in [1.165, 1.54) is 6.21 Å². The highest BCUT2D eigenvalue weighted by Gasteiger charge is 2.12. The van der Waals surface area contributed by atoms with Gasteiger partial charge >= 0.3 is 5.97 Å². The summed E-state index contributed by atoms with van der Waals surface area (Å²) in [5.41, 5.74) is 2.26. The maximum absolute atomic E-state index is 10.4. The van der Waals surface area contributed by atoms with Crippen LogP contribution in [-0.4, -0.2) is 29.0 Å². The van der Waals surface area contributed by atoms with E-state index in [0.29, 0.717) is 23.3 Å². The Bertz CT molecular complexity index is 1050. The van der Waals surface area contributed by atoms with Gasteiger partial charge in [-0.25, -0.2) is 4.79 Å². The molecule has 0 aromatic heterocycles. The number of rotatable bonds is 8. The first-order chi connectivity index (χ1) is 14.4. The van der Waals surface area contributed by atoms with Gasteiger partial charge in [-0.1, -0.05) is 58.7 Å². The SMILES string of the molecule is O=C(O)CO/N=C\c1cc(Cl)c(Oc2ccc(O)c(Cc3ccccc3)c2)c(Cl)c1. The second kappa shape index (κ2) is 10.0. The van der Waals surface area contributed by atoms with Gasteiger partial charge in [-0.15, -0.1) is 0 Å². The summed E-state index contributed by atoms with van der Waals surface area (Å²) in [4.78, 5) is 15.0. The number of aliphatic carboxylic acids is 1. The Kier molecular flexibility index (Phi) is 7.17. The van der Waals surface area contributed by atoms with Gasteiger partial charge in [0.2, 0.25) is 6.61 Å². The number of carbonyl (C=O) groups is 1. The van der Waals surface area contributed by atoms with E-state index in [4.69, 9.17) is 33.0 Å². The van der Waals surface area contributed by atoms with E-state index in [9.17, 15) is 9.90 Å². The topological polar surface area (TPSA) is 88.4 Å². The van der Waals surface area contributed by atoms with Crippen LogP contribution in [0.15, 0.2) is 65.8 Å². The van der Waals surface area contributed by atoms with E-state index >= 15 is 0 Å². The minimum atomic E-state index is -1.13. The molecule has 30 heavy (non-hydrogen) atoms. The summed E-state index contributed by atoms with van der Waals surface area (Å²) in [5.74, 6) is -0.254. The molecular weight excluding hydrogens is 429 g/mol. The molecule has 3 rings (SSSR count). The quantitative estimate of drug-likeness (QED) is 0.352. The van der Waals surface area contributed by atoms with Crippen LogP contribution in [0.1, 0.15) is 16.7 Å². The molecule has 0 fully saturated rings. The van der Waals surface area contributed by atoms with Gasteiger partial charge in [-0.2, -0.15) is 0 Å². The second-order valence-electron chi connectivity index (χ2n) is 6.27. The minimum Gasteiger partial charge on any atom is -0.508 e. The standard InChI is InChI=1S/C22H17Cl2NO5/c23-18-9-15(12-25-29-13-21(27)28)10-19(24)22(18)30-17-6-7-20(26)16(11-17)8-14-4-2-1-3-5-14/h1-7,9-12,26H,8,13H2,(H,27,28)/b25-12-. The van der Waals surface area contributed by atoms with Crippen LogP contribution in [0.2, 0.25) is 10.0 Å². The van der Waals surface area contributed by atoms with Gasteiger partial charge < -0.3 is 19.8 Å². The number of ether oxygens (including phenoxy) is 1. The zero-order valence-corrected chi connectivity index (χ0v) is 17.1. The molecule has 8 heteroatoms. The number of nitrogens with zero attached hydrogens (tertiary/aromatic N) is 1. The van der Waals surface area contributed by atoms with Gasteiger partial charge in [0, 0.05) is 12.0 Å². The lowest BCUT2D eigenvalue weighted by atomic mass is 10.0. The Morgan fingerprint density at radius 1 is 1.03 bits per heavy atom. The zero-order chi connectivity index (χ0) is 21.5. The molecular formula is C22H17Cl2NO5.